The van der Waals surface area contributed by atoms with E-state index >= 15 is 0 Å². The molecule has 7 nitrogen and oxygen atoms in total. The Kier molecular flexibility index (Phi) is 12.0. The highest BCUT2D eigenvalue weighted by Gasteiger charge is 2.28. The van der Waals surface area contributed by atoms with Crippen molar-refractivity contribution in [3.63, 3.8) is 0 Å². The number of allylic oxidation sites excluding steroid dienone is 2. The summed E-state index contributed by atoms with van der Waals surface area (Å²) >= 11 is 0. The Balaban J connectivity index is 1.39. The highest BCUT2D eigenvalue weighted by atomic mass is 28.3. The number of rotatable bonds is 14. The average molecular weight is 681 g/mol. The molecular weight excluding hydrogens is 639 g/mol. The summed E-state index contributed by atoms with van der Waals surface area (Å²) in [4.78, 5) is 31.0. The Morgan fingerprint density at radius 2 is 1.69 bits per heavy atom. The smallest absolute Gasteiger partial charge is 0.380 e. The van der Waals surface area contributed by atoms with Gasteiger partial charge in [-0.2, -0.15) is 0 Å². The first kappa shape index (κ1) is 36.6. The Bertz CT molecular complexity index is 1720. The van der Waals surface area contributed by atoms with Crippen molar-refractivity contribution in [1.29, 1.82) is 0 Å². The number of hydrogen-bond donors (Lipinski definition) is 2. The quantitative estimate of drug-likeness (QED) is 0.107. The molecule has 1 aromatic heterocycles. The molecule has 0 aliphatic carbocycles. The van der Waals surface area contributed by atoms with Gasteiger partial charge in [-0.05, 0) is 86.2 Å². The number of carbonyl (C=O) groups excluding carboxylic acids is 2. The van der Waals surface area contributed by atoms with Gasteiger partial charge in [-0.3, -0.25) is 23.2 Å². The maximum absolute atomic E-state index is 14.9. The molecule has 48 heavy (non-hydrogen) atoms. The number of ether oxygens (including phenoxy) is 1. The zero-order valence-electron chi connectivity index (χ0n) is 28.1. The summed E-state index contributed by atoms with van der Waals surface area (Å²) in [6, 6.07) is 9.76. The zero-order chi connectivity index (χ0) is 35.2. The fourth-order valence-corrected chi connectivity index (χ4v) is 7.31. The molecule has 1 aliphatic heterocycles. The van der Waals surface area contributed by atoms with Crippen LogP contribution < -0.4 is 15.8 Å². The number of aromatic nitrogens is 1. The molecule has 0 saturated heterocycles. The monoisotopic (exact) mass is 680 g/mol. The summed E-state index contributed by atoms with van der Waals surface area (Å²) in [7, 11) is -3.40. The molecular formula is C35H41BF4N4O3Si. The number of aliphatic imine (C=N–C) groups is 1. The van der Waals surface area contributed by atoms with Gasteiger partial charge in [0.25, 0.3) is 5.91 Å². The van der Waals surface area contributed by atoms with Gasteiger partial charge in [0.1, 0.15) is 17.7 Å². The van der Waals surface area contributed by atoms with Gasteiger partial charge in [-0.15, -0.1) is 0 Å². The fourth-order valence-electron chi connectivity index (χ4n) is 5.74. The van der Waals surface area contributed by atoms with E-state index in [4.69, 9.17) is 4.74 Å². The molecule has 13 heteroatoms. The van der Waals surface area contributed by atoms with E-state index in [9.17, 15) is 27.0 Å². The second-order valence-corrected chi connectivity index (χ2v) is 17.9. The molecule has 1 aliphatic rings. The Labute approximate surface area is 280 Å². The van der Waals surface area contributed by atoms with Crippen LogP contribution in [0, 0.1) is 25.5 Å². The zero-order valence-corrected chi connectivity index (χ0v) is 29.1. The third kappa shape index (κ3) is 9.22. The summed E-state index contributed by atoms with van der Waals surface area (Å²) in [6.07, 6.45) is 7.07. The summed E-state index contributed by atoms with van der Waals surface area (Å²) < 4.78 is 63.0. The lowest BCUT2D eigenvalue weighted by Crippen LogP contribution is -2.42. The number of nitrogens with zero attached hydrogens (tertiary/aromatic N) is 2. The van der Waals surface area contributed by atoms with Gasteiger partial charge in [-0.1, -0.05) is 43.9 Å². The molecule has 1 atom stereocenters. The van der Waals surface area contributed by atoms with Gasteiger partial charge in [0.2, 0.25) is 5.91 Å². The van der Waals surface area contributed by atoms with Crippen LogP contribution in [0.3, 0.4) is 0 Å². The molecule has 3 aromatic rings. The van der Waals surface area contributed by atoms with Crippen molar-refractivity contribution >= 4 is 50.0 Å². The second kappa shape index (κ2) is 15.8. The number of amides is 2. The number of carbonyl (C=O) groups is 2. The molecule has 0 bridgehead atoms. The molecule has 4 rings (SSSR count). The van der Waals surface area contributed by atoms with E-state index in [2.05, 4.69) is 15.6 Å². The first-order chi connectivity index (χ1) is 22.7. The number of anilines is 1. The largest absolute Gasteiger partial charge is 0.677 e. The van der Waals surface area contributed by atoms with E-state index in [0.29, 0.717) is 48.5 Å². The predicted octanol–water partition coefficient (Wildman–Crippen LogP) is 7.26. The minimum atomic E-state index is -2.65. The number of unbranched alkanes of at least 4 members (excludes halogenated alkanes) is 1. The number of nitrogens with one attached hydrogen (secondary N) is 2. The lowest BCUT2D eigenvalue weighted by Gasteiger charge is -2.21. The fraction of sp³-hybridized carbons (Fsp3) is 0.343. The molecule has 254 valence electrons. The van der Waals surface area contributed by atoms with Crippen LogP contribution in [0.5, 0.6) is 0 Å². The van der Waals surface area contributed by atoms with Crippen molar-refractivity contribution in [2.75, 3.05) is 12.4 Å². The van der Waals surface area contributed by atoms with Gasteiger partial charge in [0.15, 0.2) is 0 Å². The molecule has 0 radical (unpaired) electrons. The summed E-state index contributed by atoms with van der Waals surface area (Å²) in [6.45, 7) is 9.28. The summed E-state index contributed by atoms with van der Waals surface area (Å²) in [5.41, 5.74) is 4.29. The van der Waals surface area contributed by atoms with Crippen LogP contribution in [0.2, 0.25) is 19.6 Å². The van der Waals surface area contributed by atoms with Gasteiger partial charge < -0.3 is 19.8 Å². The first-order valence-corrected chi connectivity index (χ1v) is 19.3. The van der Waals surface area contributed by atoms with E-state index in [0.717, 1.165) is 33.4 Å². The Morgan fingerprint density at radius 3 is 2.29 bits per heavy atom. The molecule has 2 heterocycles. The highest BCUT2D eigenvalue weighted by molar-refractivity contribution is 6.88. The van der Waals surface area contributed by atoms with Crippen molar-refractivity contribution in [3.8, 4) is 0 Å². The maximum Gasteiger partial charge on any atom is 0.677 e. The molecule has 1 unspecified atom stereocenters. The predicted molar refractivity (Wildman–Crippen MR) is 186 cm³/mol. The van der Waals surface area contributed by atoms with Crippen molar-refractivity contribution in [1.82, 2.24) is 9.79 Å². The van der Waals surface area contributed by atoms with Crippen LogP contribution in [0.1, 0.15) is 59.8 Å². The molecule has 2 N–H and O–H groups in total. The average Bonchev–Trinajstić information content (AvgIpc) is 3.55. The lowest BCUT2D eigenvalue weighted by atomic mass is 10.0. The van der Waals surface area contributed by atoms with E-state index in [1.807, 2.05) is 25.7 Å². The van der Waals surface area contributed by atoms with Crippen LogP contribution in [0.4, 0.5) is 23.1 Å². The maximum atomic E-state index is 14.9. The van der Waals surface area contributed by atoms with Gasteiger partial charge in [0.05, 0.1) is 20.4 Å². The van der Waals surface area contributed by atoms with Crippen molar-refractivity contribution in [2.45, 2.75) is 71.8 Å². The molecule has 0 saturated carbocycles. The molecule has 2 aromatic carbocycles. The van der Waals surface area contributed by atoms with Crippen LogP contribution in [-0.2, 0) is 20.9 Å². The van der Waals surface area contributed by atoms with Gasteiger partial charge >= 0.3 is 7.40 Å². The number of aryl methyl sites for hydroxylation is 2. The van der Waals surface area contributed by atoms with Crippen molar-refractivity contribution in [3.05, 3.63) is 100 Å². The van der Waals surface area contributed by atoms with E-state index < -0.39 is 39.1 Å². The topological polar surface area (TPSA) is 84.7 Å². The standard InChI is InChI=1S/C35H41BF4N4O3Si/c1-22-17-23(2)44(36(39)40)31(22)20-27-16-15-26(41-27)9-7-8-10-32(45)43-33(25-13-11-24(12-14-25)21-47-3)35(46)42-28-18-29(37)34(30(38)19-28)48(4,5)6/h11-20,33H,7-10,21H2,1-6H3,(H,42,46)(H,43,45). The van der Waals surface area contributed by atoms with E-state index in [1.165, 1.54) is 0 Å². The molecule has 0 spiro atoms. The van der Waals surface area contributed by atoms with Gasteiger partial charge in [-0.25, -0.2) is 8.78 Å². The summed E-state index contributed by atoms with van der Waals surface area (Å²) in [5.74, 6) is -2.45. The molecule has 2 amide bonds. The third-order valence-corrected chi connectivity index (χ3v) is 9.98. The summed E-state index contributed by atoms with van der Waals surface area (Å²) in [5, 5.41) is 5.40. The minimum Gasteiger partial charge on any atom is -0.380 e. The molecule has 0 fully saturated rings. The third-order valence-electron chi connectivity index (χ3n) is 8.01. The number of hydrogen-bond acceptors (Lipinski definition) is 4. The Hall–Kier alpha value is -4.23. The Morgan fingerprint density at radius 1 is 1.02 bits per heavy atom. The van der Waals surface area contributed by atoms with E-state index in [-0.39, 0.29) is 23.2 Å². The second-order valence-electron chi connectivity index (χ2n) is 12.9. The van der Waals surface area contributed by atoms with Crippen LogP contribution in [-0.4, -0.2) is 44.6 Å². The van der Waals surface area contributed by atoms with Crippen molar-refractivity contribution < 1.29 is 31.7 Å². The number of benzene rings is 2. The lowest BCUT2D eigenvalue weighted by molar-refractivity contribution is -0.126. The van der Waals surface area contributed by atoms with E-state index in [1.54, 1.807) is 63.4 Å². The normalized spacial score (nSPS) is 14.3. The SMILES string of the molecule is COCc1ccc(C(NC(=O)CCCCC2=NC(=Cc3c(C)cc(C)n3B(F)F)C=C2)C(=O)Nc2cc(F)c([Si](C)(C)C)c(F)c2)cc1. The van der Waals surface area contributed by atoms with Crippen LogP contribution in [0.15, 0.2) is 65.3 Å². The number of methoxy groups -OCH3 is 1. The van der Waals surface area contributed by atoms with Gasteiger partial charge in [0, 0.05) is 41.5 Å². The minimum absolute atomic E-state index is 0.0428. The van der Waals surface area contributed by atoms with Crippen LogP contribution in [0.25, 0.3) is 6.08 Å². The van der Waals surface area contributed by atoms with Crippen LogP contribution >= 0.6 is 0 Å². The van der Waals surface area contributed by atoms with Crippen molar-refractivity contribution in [2.24, 2.45) is 4.99 Å². The highest BCUT2D eigenvalue weighted by Crippen LogP contribution is 2.24. The number of halogens is 4. The first-order valence-electron chi connectivity index (χ1n) is 15.8.